The smallest absolute Gasteiger partial charge is 0.275 e. The fraction of sp³-hybridized carbons (Fsp3) is 0.471. The van der Waals surface area contributed by atoms with Crippen molar-refractivity contribution in [1.82, 2.24) is 15.1 Å². The number of benzene rings is 1. The zero-order chi connectivity index (χ0) is 15.8. The number of aromatic amines is 1. The standard InChI is InChI=1S/C17H19N3O3/c21-16-12-6-2-1-5-11(12)15(18-19-16)17(22)20-9-10-23-14-8-4-3-7-13(14)20/h1-2,5-6,13-14H,3-4,7-10H2,(H,19,21)/t13-,14-/m0/s1. The van der Waals surface area contributed by atoms with Gasteiger partial charge in [-0.15, -0.1) is 0 Å². The van der Waals surface area contributed by atoms with Crippen LogP contribution in [0.15, 0.2) is 29.1 Å². The van der Waals surface area contributed by atoms with E-state index in [4.69, 9.17) is 4.74 Å². The van der Waals surface area contributed by atoms with Gasteiger partial charge in [0.2, 0.25) is 0 Å². The van der Waals surface area contributed by atoms with Gasteiger partial charge in [0, 0.05) is 11.9 Å². The molecule has 6 nitrogen and oxygen atoms in total. The second-order valence-corrected chi connectivity index (χ2v) is 6.21. The van der Waals surface area contributed by atoms with Gasteiger partial charge < -0.3 is 9.64 Å². The van der Waals surface area contributed by atoms with Crippen LogP contribution in [0.2, 0.25) is 0 Å². The van der Waals surface area contributed by atoms with Crippen molar-refractivity contribution in [1.29, 1.82) is 0 Å². The zero-order valence-electron chi connectivity index (χ0n) is 12.8. The van der Waals surface area contributed by atoms with Gasteiger partial charge in [0.25, 0.3) is 11.5 Å². The van der Waals surface area contributed by atoms with Crippen LogP contribution >= 0.6 is 0 Å². The Hall–Kier alpha value is -2.21. The molecule has 1 aromatic carbocycles. The molecule has 0 spiro atoms. The lowest BCUT2D eigenvalue weighted by atomic mass is 9.90. The molecule has 1 amide bonds. The molecule has 1 aliphatic heterocycles. The van der Waals surface area contributed by atoms with E-state index in [1.54, 1.807) is 18.2 Å². The second kappa shape index (κ2) is 5.77. The van der Waals surface area contributed by atoms with Crippen LogP contribution in [0.1, 0.15) is 36.2 Å². The summed E-state index contributed by atoms with van der Waals surface area (Å²) in [4.78, 5) is 26.8. The fourth-order valence-corrected chi connectivity index (χ4v) is 3.76. The van der Waals surface area contributed by atoms with E-state index < -0.39 is 0 Å². The molecule has 2 fully saturated rings. The molecule has 6 heteroatoms. The van der Waals surface area contributed by atoms with Crippen LogP contribution in [0, 0.1) is 0 Å². The van der Waals surface area contributed by atoms with Crippen LogP contribution in [0.5, 0.6) is 0 Å². The Bertz CT molecular complexity index is 799. The monoisotopic (exact) mass is 313 g/mol. The number of fused-ring (bicyclic) bond motifs is 2. The molecule has 2 aromatic rings. The highest BCUT2D eigenvalue weighted by molar-refractivity contribution is 6.04. The van der Waals surface area contributed by atoms with Gasteiger partial charge in [-0.2, -0.15) is 5.10 Å². The van der Waals surface area contributed by atoms with E-state index in [0.717, 1.165) is 25.7 Å². The van der Waals surface area contributed by atoms with Gasteiger partial charge in [0.15, 0.2) is 5.69 Å². The van der Waals surface area contributed by atoms with Crippen LogP contribution < -0.4 is 5.56 Å². The van der Waals surface area contributed by atoms with E-state index in [1.165, 1.54) is 0 Å². The molecule has 2 heterocycles. The summed E-state index contributed by atoms with van der Waals surface area (Å²) < 4.78 is 5.83. The first kappa shape index (κ1) is 14.4. The van der Waals surface area contributed by atoms with Gasteiger partial charge in [0.1, 0.15) is 0 Å². The number of rotatable bonds is 1. The van der Waals surface area contributed by atoms with E-state index >= 15 is 0 Å². The Labute approximate surface area is 133 Å². The van der Waals surface area contributed by atoms with Crippen molar-refractivity contribution in [2.45, 2.75) is 37.8 Å². The molecule has 1 saturated carbocycles. The molecule has 0 bridgehead atoms. The zero-order valence-corrected chi connectivity index (χ0v) is 12.8. The van der Waals surface area contributed by atoms with Crippen molar-refractivity contribution >= 4 is 16.7 Å². The largest absolute Gasteiger partial charge is 0.374 e. The van der Waals surface area contributed by atoms with Gasteiger partial charge in [-0.3, -0.25) is 9.59 Å². The highest BCUT2D eigenvalue weighted by Crippen LogP contribution is 2.29. The first-order valence-corrected chi connectivity index (χ1v) is 8.16. The number of ether oxygens (including phenoxy) is 1. The van der Waals surface area contributed by atoms with Gasteiger partial charge in [-0.1, -0.05) is 31.0 Å². The number of aromatic nitrogens is 2. The molecule has 0 unspecified atom stereocenters. The van der Waals surface area contributed by atoms with Gasteiger partial charge in [-0.25, -0.2) is 5.10 Å². The Morgan fingerprint density at radius 2 is 2.00 bits per heavy atom. The number of H-pyrrole nitrogens is 1. The highest BCUT2D eigenvalue weighted by Gasteiger charge is 2.37. The molecule has 23 heavy (non-hydrogen) atoms. The maximum Gasteiger partial charge on any atom is 0.275 e. The Morgan fingerprint density at radius 1 is 1.22 bits per heavy atom. The van der Waals surface area contributed by atoms with E-state index in [-0.39, 0.29) is 23.6 Å². The second-order valence-electron chi connectivity index (χ2n) is 6.21. The van der Waals surface area contributed by atoms with Crippen LogP contribution in [-0.2, 0) is 4.74 Å². The molecule has 1 saturated heterocycles. The molecular weight excluding hydrogens is 294 g/mol. The number of morpholine rings is 1. The van der Waals surface area contributed by atoms with Crippen molar-refractivity contribution in [3.8, 4) is 0 Å². The minimum Gasteiger partial charge on any atom is -0.374 e. The van der Waals surface area contributed by atoms with Gasteiger partial charge in [0.05, 0.1) is 24.1 Å². The summed E-state index contributed by atoms with van der Waals surface area (Å²) in [6.45, 7) is 1.14. The molecule has 4 rings (SSSR count). The van der Waals surface area contributed by atoms with Crippen molar-refractivity contribution in [2.75, 3.05) is 13.2 Å². The maximum absolute atomic E-state index is 13.1. The third-order valence-corrected chi connectivity index (χ3v) is 4.89. The van der Waals surface area contributed by atoms with Gasteiger partial charge >= 0.3 is 0 Å². The van der Waals surface area contributed by atoms with E-state index in [1.807, 2.05) is 11.0 Å². The van der Waals surface area contributed by atoms with Crippen molar-refractivity contribution in [3.05, 3.63) is 40.3 Å². The maximum atomic E-state index is 13.1. The van der Waals surface area contributed by atoms with Crippen LogP contribution in [0.25, 0.3) is 10.8 Å². The fourth-order valence-electron chi connectivity index (χ4n) is 3.76. The molecule has 1 aliphatic carbocycles. The summed E-state index contributed by atoms with van der Waals surface area (Å²) in [5.74, 6) is -0.113. The molecule has 120 valence electrons. The molecule has 1 aromatic heterocycles. The average Bonchev–Trinajstić information content (AvgIpc) is 2.61. The number of carbonyl (C=O) groups is 1. The minimum atomic E-state index is -0.269. The van der Waals surface area contributed by atoms with Crippen molar-refractivity contribution in [2.24, 2.45) is 0 Å². The number of nitrogens with zero attached hydrogens (tertiary/aromatic N) is 2. The summed E-state index contributed by atoms with van der Waals surface area (Å²) >= 11 is 0. The Morgan fingerprint density at radius 3 is 2.87 bits per heavy atom. The number of amides is 1. The molecule has 2 atom stereocenters. The van der Waals surface area contributed by atoms with Crippen LogP contribution in [0.3, 0.4) is 0 Å². The third kappa shape index (κ3) is 2.43. The minimum absolute atomic E-state index is 0.113. The molecule has 1 N–H and O–H groups in total. The Balaban J connectivity index is 1.74. The Kier molecular flexibility index (Phi) is 3.61. The summed E-state index contributed by atoms with van der Waals surface area (Å²) in [5.41, 5.74) is 0.0566. The lowest BCUT2D eigenvalue weighted by molar-refractivity contribution is -0.0753. The average molecular weight is 313 g/mol. The predicted molar refractivity (Wildman–Crippen MR) is 85.4 cm³/mol. The van der Waals surface area contributed by atoms with E-state index in [0.29, 0.717) is 29.6 Å². The molecule has 2 aliphatic rings. The summed E-state index contributed by atoms with van der Waals surface area (Å²) in [6, 6.07) is 7.23. The topological polar surface area (TPSA) is 75.3 Å². The lowest BCUT2D eigenvalue weighted by Crippen LogP contribution is -2.55. The highest BCUT2D eigenvalue weighted by atomic mass is 16.5. The normalized spacial score (nSPS) is 24.4. The predicted octanol–water partition coefficient (Wildman–Crippen LogP) is 1.71. The van der Waals surface area contributed by atoms with Gasteiger partial charge in [-0.05, 0) is 18.9 Å². The van der Waals surface area contributed by atoms with E-state index in [9.17, 15) is 9.59 Å². The molecule has 0 radical (unpaired) electrons. The summed E-state index contributed by atoms with van der Waals surface area (Å²) in [6.07, 6.45) is 4.39. The van der Waals surface area contributed by atoms with Crippen molar-refractivity contribution < 1.29 is 9.53 Å². The van der Waals surface area contributed by atoms with Crippen LogP contribution in [-0.4, -0.2) is 46.3 Å². The lowest BCUT2D eigenvalue weighted by Gasteiger charge is -2.43. The quantitative estimate of drug-likeness (QED) is 0.869. The summed E-state index contributed by atoms with van der Waals surface area (Å²) in [5, 5.41) is 7.61. The number of hydrogen-bond donors (Lipinski definition) is 1. The molecular formula is C17H19N3O3. The summed E-state index contributed by atoms with van der Waals surface area (Å²) in [7, 11) is 0. The van der Waals surface area contributed by atoms with Crippen molar-refractivity contribution in [3.63, 3.8) is 0 Å². The number of nitrogens with one attached hydrogen (secondary N) is 1. The van der Waals surface area contributed by atoms with Crippen LogP contribution in [0.4, 0.5) is 0 Å². The number of hydrogen-bond acceptors (Lipinski definition) is 4. The van der Waals surface area contributed by atoms with E-state index in [2.05, 4.69) is 10.2 Å². The first-order valence-electron chi connectivity index (χ1n) is 8.16. The number of carbonyl (C=O) groups excluding carboxylic acids is 1. The third-order valence-electron chi connectivity index (χ3n) is 4.89. The first-order chi connectivity index (χ1) is 11.3. The SMILES string of the molecule is O=C(c1n[nH]c(=O)c2ccccc12)N1CCO[C@H]2CCCC[C@@H]21.